The first kappa shape index (κ1) is 9.49. The molecule has 0 atom stereocenters. The van der Waals surface area contributed by atoms with E-state index in [0.717, 1.165) is 5.33 Å². The van der Waals surface area contributed by atoms with Gasteiger partial charge in [0.25, 0.3) is 0 Å². The van der Waals surface area contributed by atoms with E-state index in [1.54, 1.807) is 11.3 Å². The van der Waals surface area contributed by atoms with Gasteiger partial charge >= 0.3 is 0 Å². The average Bonchev–Trinajstić information content (AvgIpc) is 2.35. The summed E-state index contributed by atoms with van der Waals surface area (Å²) in [5, 5.41) is 0.947. The highest BCUT2D eigenvalue weighted by atomic mass is 79.9. The van der Waals surface area contributed by atoms with Gasteiger partial charge in [-0.25, -0.2) is 0 Å². The van der Waals surface area contributed by atoms with Gasteiger partial charge in [0.05, 0.1) is 3.79 Å². The minimum Gasteiger partial charge on any atom is -0.129 e. The molecule has 0 saturated heterocycles. The molecule has 1 rings (SSSR count). The van der Waals surface area contributed by atoms with E-state index in [-0.39, 0.29) is 0 Å². The van der Waals surface area contributed by atoms with Crippen LogP contribution >= 0.6 is 43.2 Å². The second kappa shape index (κ2) is 4.43. The third-order valence-electron chi connectivity index (χ3n) is 1.19. The normalized spacial score (nSPS) is 12.1. The molecule has 0 aromatic carbocycles. The first-order chi connectivity index (χ1) is 5.22. The van der Waals surface area contributed by atoms with Crippen molar-refractivity contribution in [3.63, 3.8) is 0 Å². The lowest BCUT2D eigenvalue weighted by Gasteiger charge is -1.89. The molecule has 1 heterocycles. The predicted octanol–water partition coefficient (Wildman–Crippen LogP) is 4.31. The Kier molecular flexibility index (Phi) is 3.82. The van der Waals surface area contributed by atoms with Crippen LogP contribution in [0.15, 0.2) is 21.5 Å². The van der Waals surface area contributed by atoms with Crippen LogP contribution in [-0.2, 0) is 0 Å². The summed E-state index contributed by atoms with van der Waals surface area (Å²) in [6.07, 6.45) is 2.18. The maximum Gasteiger partial charge on any atom is 0.0704 e. The summed E-state index contributed by atoms with van der Waals surface area (Å²) in [7, 11) is 0. The average molecular weight is 296 g/mol. The molecule has 0 unspecified atom stereocenters. The summed E-state index contributed by atoms with van der Waals surface area (Å²) in [5.41, 5.74) is 1.35. The molecule has 0 aliphatic carbocycles. The van der Waals surface area contributed by atoms with Crippen molar-refractivity contribution in [1.82, 2.24) is 0 Å². The molecule has 0 radical (unpaired) electrons. The van der Waals surface area contributed by atoms with Crippen molar-refractivity contribution >= 4 is 49.3 Å². The van der Waals surface area contributed by atoms with Crippen LogP contribution < -0.4 is 0 Å². The van der Waals surface area contributed by atoms with Gasteiger partial charge in [-0.2, -0.15) is 0 Å². The zero-order chi connectivity index (χ0) is 8.27. The summed E-state index contributed by atoms with van der Waals surface area (Å²) in [6.45, 7) is 2.11. The molecule has 60 valence electrons. The van der Waals surface area contributed by atoms with Crippen molar-refractivity contribution in [1.29, 1.82) is 0 Å². The number of alkyl halides is 1. The maximum absolute atomic E-state index is 3.42. The monoisotopic (exact) mass is 294 g/mol. The van der Waals surface area contributed by atoms with Crippen LogP contribution in [0.1, 0.15) is 11.8 Å². The Hall–Kier alpha value is 0.400. The molecule has 0 aliphatic rings. The molecule has 0 spiro atoms. The Morgan fingerprint density at radius 3 is 2.82 bits per heavy atom. The Morgan fingerprint density at radius 1 is 1.64 bits per heavy atom. The van der Waals surface area contributed by atoms with E-state index in [1.165, 1.54) is 14.2 Å². The van der Waals surface area contributed by atoms with Gasteiger partial charge in [-0.15, -0.1) is 11.3 Å². The Bertz CT molecular complexity index is 263. The van der Waals surface area contributed by atoms with Crippen LogP contribution in [0, 0.1) is 0 Å². The number of thiophene rings is 1. The molecule has 0 amide bonds. The molecule has 11 heavy (non-hydrogen) atoms. The molecule has 0 aliphatic heterocycles. The Balaban J connectivity index is 2.78. The molecule has 0 N–H and O–H groups in total. The van der Waals surface area contributed by atoms with Crippen molar-refractivity contribution in [2.24, 2.45) is 0 Å². The zero-order valence-electron chi connectivity index (χ0n) is 6.10. The number of hydrogen-bond acceptors (Lipinski definition) is 1. The number of rotatable bonds is 2. The van der Waals surface area contributed by atoms with E-state index in [1.807, 2.05) is 0 Å². The van der Waals surface area contributed by atoms with Gasteiger partial charge in [0, 0.05) is 10.2 Å². The van der Waals surface area contributed by atoms with Gasteiger partial charge in [0.1, 0.15) is 0 Å². The van der Waals surface area contributed by atoms with Crippen molar-refractivity contribution < 1.29 is 0 Å². The molecule has 0 fully saturated rings. The Morgan fingerprint density at radius 2 is 2.36 bits per heavy atom. The molecular formula is C8H8Br2S. The highest BCUT2D eigenvalue weighted by Crippen LogP contribution is 2.24. The van der Waals surface area contributed by atoms with Gasteiger partial charge in [0.2, 0.25) is 0 Å². The lowest BCUT2D eigenvalue weighted by Crippen LogP contribution is -1.72. The molecule has 0 saturated carbocycles. The van der Waals surface area contributed by atoms with Crippen molar-refractivity contribution in [3.8, 4) is 0 Å². The van der Waals surface area contributed by atoms with Crippen LogP contribution in [0.4, 0.5) is 0 Å². The van der Waals surface area contributed by atoms with Gasteiger partial charge in [-0.3, -0.25) is 0 Å². The molecule has 1 aromatic rings. The van der Waals surface area contributed by atoms with Crippen LogP contribution in [0.3, 0.4) is 0 Å². The molecular weight excluding hydrogens is 288 g/mol. The molecule has 3 heteroatoms. The van der Waals surface area contributed by atoms with Gasteiger partial charge in [-0.05, 0) is 41.1 Å². The highest BCUT2D eigenvalue weighted by Gasteiger charge is 1.93. The summed E-state index contributed by atoms with van der Waals surface area (Å²) < 4.78 is 1.19. The lowest BCUT2D eigenvalue weighted by atomic mass is 10.3. The molecule has 0 nitrogen and oxygen atoms in total. The predicted molar refractivity (Wildman–Crippen MR) is 59.5 cm³/mol. The van der Waals surface area contributed by atoms with Gasteiger partial charge < -0.3 is 0 Å². The van der Waals surface area contributed by atoms with Crippen molar-refractivity contribution in [3.05, 3.63) is 26.4 Å². The van der Waals surface area contributed by atoms with E-state index in [0.29, 0.717) is 0 Å². The maximum atomic E-state index is 3.42. The van der Waals surface area contributed by atoms with Crippen LogP contribution in [0.25, 0.3) is 6.08 Å². The van der Waals surface area contributed by atoms with E-state index >= 15 is 0 Å². The quantitative estimate of drug-likeness (QED) is 0.713. The molecule has 0 bridgehead atoms. The smallest absolute Gasteiger partial charge is 0.0704 e. The van der Waals surface area contributed by atoms with Crippen LogP contribution in [0.5, 0.6) is 0 Å². The second-order valence-corrected chi connectivity index (χ2v) is 5.32. The number of allylic oxidation sites excluding steroid dienone is 1. The second-order valence-electron chi connectivity index (χ2n) is 2.27. The summed E-state index contributed by atoms with van der Waals surface area (Å²) in [4.78, 5) is 1.30. The number of halogens is 2. The van der Waals surface area contributed by atoms with Crippen molar-refractivity contribution in [2.45, 2.75) is 6.92 Å². The van der Waals surface area contributed by atoms with Crippen LogP contribution in [-0.4, -0.2) is 5.33 Å². The van der Waals surface area contributed by atoms with Crippen molar-refractivity contribution in [2.75, 3.05) is 5.33 Å². The zero-order valence-corrected chi connectivity index (χ0v) is 10.1. The molecule has 1 aromatic heterocycles. The third kappa shape index (κ3) is 3.09. The third-order valence-corrected chi connectivity index (χ3v) is 3.65. The topological polar surface area (TPSA) is 0 Å². The summed E-state index contributed by atoms with van der Waals surface area (Å²) >= 11 is 8.58. The largest absolute Gasteiger partial charge is 0.129 e. The van der Waals surface area contributed by atoms with E-state index < -0.39 is 0 Å². The summed E-state index contributed by atoms with van der Waals surface area (Å²) in [5.74, 6) is 0. The van der Waals surface area contributed by atoms with E-state index in [9.17, 15) is 0 Å². The first-order valence-corrected chi connectivity index (χ1v) is 5.94. The SMILES string of the molecule is C/C(=C/c1ccc(Br)s1)CBr. The van der Waals surface area contributed by atoms with E-state index in [2.05, 4.69) is 57.0 Å². The fraction of sp³-hybridized carbons (Fsp3) is 0.250. The van der Waals surface area contributed by atoms with Gasteiger partial charge in [-0.1, -0.05) is 21.5 Å². The minimum absolute atomic E-state index is 0.947. The Labute approximate surface area is 87.6 Å². The van der Waals surface area contributed by atoms with Crippen LogP contribution in [0.2, 0.25) is 0 Å². The summed E-state index contributed by atoms with van der Waals surface area (Å²) in [6, 6.07) is 4.18. The fourth-order valence-corrected chi connectivity index (χ4v) is 2.30. The lowest BCUT2D eigenvalue weighted by molar-refractivity contribution is 1.46. The fourth-order valence-electron chi connectivity index (χ4n) is 0.687. The number of hydrogen-bond donors (Lipinski definition) is 0. The highest BCUT2D eigenvalue weighted by molar-refractivity contribution is 9.11. The minimum atomic E-state index is 0.947. The van der Waals surface area contributed by atoms with Gasteiger partial charge in [0.15, 0.2) is 0 Å². The first-order valence-electron chi connectivity index (χ1n) is 3.21. The van der Waals surface area contributed by atoms with E-state index in [4.69, 9.17) is 0 Å². The standard InChI is InChI=1S/C8H8Br2S/c1-6(5-9)4-7-2-3-8(10)11-7/h2-4H,5H2,1H3/b6-4-.